The molecule has 0 atom stereocenters. The zero-order valence-corrected chi connectivity index (χ0v) is 16.1. The zero-order chi connectivity index (χ0) is 16.1. The number of benzene rings is 1. The fourth-order valence-corrected chi connectivity index (χ4v) is 2.08. The van der Waals surface area contributed by atoms with Crippen LogP contribution in [0.3, 0.4) is 0 Å². The second-order valence-electron chi connectivity index (χ2n) is 5.95. The van der Waals surface area contributed by atoms with E-state index >= 15 is 0 Å². The van der Waals surface area contributed by atoms with E-state index in [1.807, 2.05) is 43.3 Å². The van der Waals surface area contributed by atoms with Gasteiger partial charge in [-0.2, -0.15) is 0 Å². The van der Waals surface area contributed by atoms with Crippen molar-refractivity contribution in [3.8, 4) is 5.88 Å². The Labute approximate surface area is 159 Å². The molecule has 1 aliphatic carbocycles. The first-order valence-electron chi connectivity index (χ1n) is 7.90. The van der Waals surface area contributed by atoms with Crippen LogP contribution < -0.4 is 15.8 Å². The third-order valence-corrected chi connectivity index (χ3v) is 3.72. The van der Waals surface area contributed by atoms with Crippen molar-refractivity contribution in [2.45, 2.75) is 26.3 Å². The number of nitrogens with two attached hydrogens (primary N) is 1. The Balaban J connectivity index is 0.00000208. The maximum atomic E-state index is 5.90. The molecule has 1 saturated carbocycles. The molecular formula is C18H23IN4O. The largest absolute Gasteiger partial charge is 0.477 e. The molecule has 1 heterocycles. The van der Waals surface area contributed by atoms with E-state index in [9.17, 15) is 0 Å². The van der Waals surface area contributed by atoms with Crippen molar-refractivity contribution in [2.24, 2.45) is 16.6 Å². The molecule has 1 aliphatic rings. The van der Waals surface area contributed by atoms with Crippen molar-refractivity contribution < 1.29 is 4.74 Å². The van der Waals surface area contributed by atoms with E-state index in [1.165, 1.54) is 18.4 Å². The number of ether oxygens (including phenoxy) is 1. The van der Waals surface area contributed by atoms with E-state index in [2.05, 4.69) is 15.3 Å². The van der Waals surface area contributed by atoms with Gasteiger partial charge in [0.1, 0.15) is 0 Å². The van der Waals surface area contributed by atoms with Gasteiger partial charge < -0.3 is 15.8 Å². The molecule has 0 saturated heterocycles. The second kappa shape index (κ2) is 8.86. The van der Waals surface area contributed by atoms with Crippen LogP contribution in [0.4, 0.5) is 5.69 Å². The van der Waals surface area contributed by atoms with Crippen LogP contribution in [0, 0.1) is 12.8 Å². The minimum Gasteiger partial charge on any atom is -0.477 e. The fourth-order valence-electron chi connectivity index (χ4n) is 2.08. The molecule has 1 aromatic carbocycles. The Kier molecular flexibility index (Phi) is 6.84. The molecule has 128 valence electrons. The minimum atomic E-state index is 0. The van der Waals surface area contributed by atoms with Gasteiger partial charge in [-0.3, -0.25) is 0 Å². The van der Waals surface area contributed by atoms with Gasteiger partial charge in [-0.05, 0) is 43.4 Å². The first-order chi connectivity index (χ1) is 11.2. The van der Waals surface area contributed by atoms with Gasteiger partial charge in [0.05, 0.1) is 13.2 Å². The summed E-state index contributed by atoms with van der Waals surface area (Å²) >= 11 is 0. The second-order valence-corrected chi connectivity index (χ2v) is 5.95. The van der Waals surface area contributed by atoms with Gasteiger partial charge in [0.15, 0.2) is 5.96 Å². The number of hydrogen-bond donors (Lipinski definition) is 2. The topological polar surface area (TPSA) is 72.5 Å². The quantitative estimate of drug-likeness (QED) is 0.410. The van der Waals surface area contributed by atoms with E-state index in [4.69, 9.17) is 10.5 Å². The summed E-state index contributed by atoms with van der Waals surface area (Å²) in [7, 11) is 0. The lowest BCUT2D eigenvalue weighted by Gasteiger charge is -2.06. The van der Waals surface area contributed by atoms with Crippen molar-refractivity contribution in [2.75, 3.05) is 11.9 Å². The van der Waals surface area contributed by atoms with E-state index in [1.54, 1.807) is 6.20 Å². The minimum absolute atomic E-state index is 0. The lowest BCUT2D eigenvalue weighted by atomic mass is 10.2. The number of rotatable bonds is 6. The Morgan fingerprint density at radius 1 is 1.25 bits per heavy atom. The lowest BCUT2D eigenvalue weighted by molar-refractivity contribution is 0.288. The van der Waals surface area contributed by atoms with Crippen molar-refractivity contribution in [1.29, 1.82) is 0 Å². The Morgan fingerprint density at radius 2 is 2.00 bits per heavy atom. The average molecular weight is 438 g/mol. The van der Waals surface area contributed by atoms with E-state index in [-0.39, 0.29) is 24.0 Å². The molecule has 0 bridgehead atoms. The number of aryl methyl sites for hydroxylation is 1. The van der Waals surface area contributed by atoms with Gasteiger partial charge in [-0.1, -0.05) is 23.8 Å². The molecule has 3 rings (SSSR count). The SMILES string of the molecule is Cc1ccc(NC(N)=NCc2ccc(OCC3CC3)nc2)cc1.I. The number of nitrogens with one attached hydrogen (secondary N) is 1. The van der Waals surface area contributed by atoms with Crippen LogP contribution in [-0.4, -0.2) is 17.6 Å². The molecule has 6 heteroatoms. The van der Waals surface area contributed by atoms with Crippen LogP contribution in [0.5, 0.6) is 5.88 Å². The normalized spacial score (nSPS) is 14.0. The summed E-state index contributed by atoms with van der Waals surface area (Å²) in [6.45, 7) is 3.31. The van der Waals surface area contributed by atoms with Crippen LogP contribution in [0.15, 0.2) is 47.6 Å². The molecule has 24 heavy (non-hydrogen) atoms. The third-order valence-electron chi connectivity index (χ3n) is 3.72. The Bertz CT molecular complexity index is 666. The highest BCUT2D eigenvalue weighted by Gasteiger charge is 2.21. The van der Waals surface area contributed by atoms with E-state index in [0.717, 1.165) is 23.8 Å². The third kappa shape index (κ3) is 5.99. The first kappa shape index (κ1) is 18.5. The average Bonchev–Trinajstić information content (AvgIpc) is 3.38. The molecule has 1 fully saturated rings. The van der Waals surface area contributed by atoms with Crippen LogP contribution in [0.2, 0.25) is 0 Å². The first-order valence-corrected chi connectivity index (χ1v) is 7.90. The molecule has 3 N–H and O–H groups in total. The number of anilines is 1. The summed E-state index contributed by atoms with van der Waals surface area (Å²) < 4.78 is 5.62. The molecule has 5 nitrogen and oxygen atoms in total. The van der Waals surface area contributed by atoms with Crippen LogP contribution in [0.25, 0.3) is 0 Å². The van der Waals surface area contributed by atoms with Crippen molar-refractivity contribution >= 4 is 35.6 Å². The van der Waals surface area contributed by atoms with Gasteiger partial charge in [0.2, 0.25) is 5.88 Å². The molecule has 0 radical (unpaired) electrons. The summed E-state index contributed by atoms with van der Waals surface area (Å²) in [4.78, 5) is 8.63. The molecule has 0 aliphatic heterocycles. The van der Waals surface area contributed by atoms with Gasteiger partial charge in [-0.25, -0.2) is 9.98 Å². The highest BCUT2D eigenvalue weighted by atomic mass is 127. The summed E-state index contributed by atoms with van der Waals surface area (Å²) in [6, 6.07) is 11.9. The number of guanidine groups is 1. The number of hydrogen-bond acceptors (Lipinski definition) is 3. The monoisotopic (exact) mass is 438 g/mol. The lowest BCUT2D eigenvalue weighted by Crippen LogP contribution is -2.22. The smallest absolute Gasteiger partial charge is 0.213 e. The molecule has 2 aromatic rings. The maximum absolute atomic E-state index is 5.90. The van der Waals surface area contributed by atoms with Gasteiger partial charge in [0.25, 0.3) is 0 Å². The molecule has 0 amide bonds. The van der Waals surface area contributed by atoms with Gasteiger partial charge in [0, 0.05) is 18.0 Å². The van der Waals surface area contributed by atoms with Gasteiger partial charge >= 0.3 is 0 Å². The molecule has 0 unspecified atom stereocenters. The number of halogens is 1. The van der Waals surface area contributed by atoms with Crippen LogP contribution >= 0.6 is 24.0 Å². The predicted molar refractivity (Wildman–Crippen MR) is 108 cm³/mol. The van der Waals surface area contributed by atoms with Crippen molar-refractivity contribution in [1.82, 2.24) is 4.98 Å². The Morgan fingerprint density at radius 3 is 2.62 bits per heavy atom. The standard InChI is InChI=1S/C18H22N4O.HI/c1-13-2-7-16(8-3-13)22-18(19)21-11-15-6-9-17(20-10-15)23-12-14-4-5-14;/h2-3,6-10,14H,4-5,11-12H2,1H3,(H3,19,21,22);1H. The summed E-state index contributed by atoms with van der Waals surface area (Å²) in [5, 5.41) is 3.07. The van der Waals surface area contributed by atoms with Gasteiger partial charge in [-0.15, -0.1) is 24.0 Å². The predicted octanol–water partition coefficient (Wildman–Crippen LogP) is 3.72. The summed E-state index contributed by atoms with van der Waals surface area (Å²) in [5.41, 5.74) is 9.04. The summed E-state index contributed by atoms with van der Waals surface area (Å²) in [6.07, 6.45) is 4.34. The summed E-state index contributed by atoms with van der Waals surface area (Å²) in [5.74, 6) is 1.80. The Hall–Kier alpha value is -1.83. The van der Waals surface area contributed by atoms with E-state index < -0.39 is 0 Å². The number of nitrogens with zero attached hydrogens (tertiary/aromatic N) is 2. The van der Waals surface area contributed by atoms with Crippen molar-refractivity contribution in [3.63, 3.8) is 0 Å². The fraction of sp³-hybridized carbons (Fsp3) is 0.333. The molecular weight excluding hydrogens is 415 g/mol. The highest BCUT2D eigenvalue weighted by Crippen LogP contribution is 2.29. The number of pyridine rings is 1. The molecule has 0 spiro atoms. The maximum Gasteiger partial charge on any atom is 0.213 e. The van der Waals surface area contributed by atoms with Crippen LogP contribution in [-0.2, 0) is 6.54 Å². The number of aliphatic imine (C=N–C) groups is 1. The van der Waals surface area contributed by atoms with E-state index in [0.29, 0.717) is 18.4 Å². The van der Waals surface area contributed by atoms with Crippen LogP contribution in [0.1, 0.15) is 24.0 Å². The van der Waals surface area contributed by atoms with Crippen molar-refractivity contribution in [3.05, 3.63) is 53.7 Å². The zero-order valence-electron chi connectivity index (χ0n) is 13.7. The number of aromatic nitrogens is 1. The molecule has 1 aromatic heterocycles. The highest BCUT2D eigenvalue weighted by molar-refractivity contribution is 14.0.